The van der Waals surface area contributed by atoms with Gasteiger partial charge < -0.3 is 14.9 Å². The van der Waals surface area contributed by atoms with Gasteiger partial charge in [0.05, 0.1) is 6.61 Å². The van der Waals surface area contributed by atoms with Gasteiger partial charge in [-0.05, 0) is 25.1 Å². The molecular formula is C14H17N3O2. The Kier molecular flexibility index (Phi) is 4.58. The maximum atomic E-state index is 5.76. The number of aromatic nitrogens is 1. The third-order valence-electron chi connectivity index (χ3n) is 2.56. The number of nitrogen functional groups attached to an aromatic ring is 1. The van der Waals surface area contributed by atoms with Gasteiger partial charge in [0.25, 0.3) is 0 Å². The van der Waals surface area contributed by atoms with Crippen molar-refractivity contribution in [3.63, 3.8) is 0 Å². The van der Waals surface area contributed by atoms with Gasteiger partial charge >= 0.3 is 0 Å². The lowest BCUT2D eigenvalue weighted by Crippen LogP contribution is -2.12. The molecule has 0 radical (unpaired) electrons. The van der Waals surface area contributed by atoms with Crippen LogP contribution < -0.4 is 20.7 Å². The molecule has 100 valence electrons. The first kappa shape index (κ1) is 13.2. The van der Waals surface area contributed by atoms with E-state index in [4.69, 9.17) is 15.3 Å². The van der Waals surface area contributed by atoms with Crippen molar-refractivity contribution < 1.29 is 9.47 Å². The van der Waals surface area contributed by atoms with Crippen molar-refractivity contribution in [3.8, 4) is 11.5 Å². The molecular weight excluding hydrogens is 242 g/mol. The summed E-state index contributed by atoms with van der Waals surface area (Å²) < 4.78 is 11.3. The number of ether oxygens (including phenoxy) is 2. The number of nitrogens with two attached hydrogens (primary N) is 1. The van der Waals surface area contributed by atoms with Crippen molar-refractivity contribution >= 4 is 5.82 Å². The molecule has 19 heavy (non-hydrogen) atoms. The van der Waals surface area contributed by atoms with Crippen LogP contribution in [0.5, 0.6) is 11.5 Å². The van der Waals surface area contributed by atoms with Crippen LogP contribution in [0.15, 0.2) is 42.6 Å². The Morgan fingerprint density at radius 1 is 1.11 bits per heavy atom. The predicted octanol–water partition coefficient (Wildman–Crippen LogP) is 2.34. The van der Waals surface area contributed by atoms with E-state index in [1.54, 1.807) is 6.20 Å². The molecule has 1 aromatic carbocycles. The fraction of sp³-hybridized carbons (Fsp3) is 0.214. The highest BCUT2D eigenvalue weighted by Crippen LogP contribution is 2.27. The van der Waals surface area contributed by atoms with Crippen LogP contribution in [0, 0.1) is 0 Å². The number of nitrogens with zero attached hydrogens (tertiary/aromatic N) is 1. The molecule has 0 aliphatic heterocycles. The lowest BCUT2D eigenvalue weighted by molar-refractivity contribution is 0.269. The first-order valence-corrected chi connectivity index (χ1v) is 6.10. The summed E-state index contributed by atoms with van der Waals surface area (Å²) in [6, 6.07) is 11.3. The normalized spacial score (nSPS) is 10.0. The Balaban J connectivity index is 2.10. The zero-order valence-electron chi connectivity index (χ0n) is 10.8. The molecule has 0 atom stereocenters. The lowest BCUT2D eigenvalue weighted by atomic mass is 10.2. The minimum Gasteiger partial charge on any atom is -0.490 e. The maximum Gasteiger partial charge on any atom is 0.161 e. The summed E-state index contributed by atoms with van der Waals surface area (Å²) in [4.78, 5) is 4.12. The highest BCUT2D eigenvalue weighted by atomic mass is 16.5. The standard InChI is InChI=1S/C14H17N3O2/c1-2-18-12-7-3-4-8-13(12)19-10-11-6-5-9-16-14(11)17-15/h3-9H,2,10,15H2,1H3,(H,16,17). The number of nitrogens with one attached hydrogen (secondary N) is 1. The minimum atomic E-state index is 0.372. The van der Waals surface area contributed by atoms with Crippen LogP contribution in [0.3, 0.4) is 0 Å². The third kappa shape index (κ3) is 3.35. The van der Waals surface area contributed by atoms with E-state index in [9.17, 15) is 0 Å². The van der Waals surface area contributed by atoms with Crippen LogP contribution in [0.2, 0.25) is 0 Å². The number of anilines is 1. The van der Waals surface area contributed by atoms with Crippen molar-refractivity contribution in [3.05, 3.63) is 48.2 Å². The van der Waals surface area contributed by atoms with Gasteiger partial charge in [-0.2, -0.15) is 0 Å². The Labute approximate surface area is 112 Å². The number of hydrogen-bond donors (Lipinski definition) is 2. The minimum absolute atomic E-state index is 0.372. The third-order valence-corrected chi connectivity index (χ3v) is 2.56. The van der Waals surface area contributed by atoms with Crippen LogP contribution >= 0.6 is 0 Å². The van der Waals surface area contributed by atoms with Gasteiger partial charge in [-0.25, -0.2) is 10.8 Å². The molecule has 0 saturated carbocycles. The monoisotopic (exact) mass is 259 g/mol. The van der Waals surface area contributed by atoms with Crippen LogP contribution in [-0.2, 0) is 6.61 Å². The summed E-state index contributed by atoms with van der Waals surface area (Å²) >= 11 is 0. The Morgan fingerprint density at radius 2 is 1.84 bits per heavy atom. The molecule has 0 unspecified atom stereocenters. The molecule has 2 aromatic rings. The zero-order chi connectivity index (χ0) is 13.5. The summed E-state index contributed by atoms with van der Waals surface area (Å²) in [6.07, 6.45) is 1.67. The summed E-state index contributed by atoms with van der Waals surface area (Å²) in [5, 5.41) is 0. The van der Waals surface area contributed by atoms with Crippen molar-refractivity contribution in [1.82, 2.24) is 4.98 Å². The molecule has 0 aliphatic rings. The summed E-state index contributed by atoms with van der Waals surface area (Å²) in [5.74, 6) is 7.45. The first-order valence-electron chi connectivity index (χ1n) is 6.10. The quantitative estimate of drug-likeness (QED) is 0.615. The van der Waals surface area contributed by atoms with E-state index in [1.807, 2.05) is 43.3 Å². The second-order valence-electron chi connectivity index (χ2n) is 3.82. The van der Waals surface area contributed by atoms with E-state index in [-0.39, 0.29) is 0 Å². The maximum absolute atomic E-state index is 5.76. The molecule has 1 heterocycles. The number of hydrogen-bond acceptors (Lipinski definition) is 5. The highest BCUT2D eigenvalue weighted by molar-refractivity contribution is 5.43. The average Bonchev–Trinajstić information content (AvgIpc) is 2.47. The molecule has 0 aliphatic carbocycles. The van der Waals surface area contributed by atoms with Gasteiger partial charge in [0.15, 0.2) is 11.5 Å². The molecule has 0 saturated heterocycles. The van der Waals surface area contributed by atoms with Gasteiger partial charge in [-0.1, -0.05) is 18.2 Å². The smallest absolute Gasteiger partial charge is 0.161 e. The van der Waals surface area contributed by atoms with Crippen LogP contribution in [0.25, 0.3) is 0 Å². The second kappa shape index (κ2) is 6.61. The number of para-hydroxylation sites is 2. The Hall–Kier alpha value is -2.27. The van der Waals surface area contributed by atoms with Gasteiger partial charge in [0.2, 0.25) is 0 Å². The summed E-state index contributed by atoms with van der Waals surface area (Å²) in [5.41, 5.74) is 3.43. The van der Waals surface area contributed by atoms with E-state index < -0.39 is 0 Å². The van der Waals surface area contributed by atoms with Gasteiger partial charge in [-0.15, -0.1) is 0 Å². The SMILES string of the molecule is CCOc1ccccc1OCc1cccnc1NN. The largest absolute Gasteiger partial charge is 0.490 e. The molecule has 5 heteroatoms. The van der Waals surface area contributed by atoms with E-state index in [1.165, 1.54) is 0 Å². The fourth-order valence-corrected chi connectivity index (χ4v) is 1.68. The summed E-state index contributed by atoms with van der Waals surface area (Å²) in [6.45, 7) is 2.91. The molecule has 0 amide bonds. The van der Waals surface area contributed by atoms with Crippen molar-refractivity contribution in [2.24, 2.45) is 5.84 Å². The van der Waals surface area contributed by atoms with E-state index in [0.29, 0.717) is 24.8 Å². The Bertz CT molecular complexity index is 532. The van der Waals surface area contributed by atoms with Crippen LogP contribution in [0.1, 0.15) is 12.5 Å². The number of benzene rings is 1. The topological polar surface area (TPSA) is 69.4 Å². The van der Waals surface area contributed by atoms with E-state index in [2.05, 4.69) is 10.4 Å². The number of hydrazine groups is 1. The van der Waals surface area contributed by atoms with E-state index >= 15 is 0 Å². The molecule has 0 fully saturated rings. The highest BCUT2D eigenvalue weighted by Gasteiger charge is 2.06. The molecule has 2 rings (SSSR count). The van der Waals surface area contributed by atoms with Gasteiger partial charge in [0.1, 0.15) is 12.4 Å². The summed E-state index contributed by atoms with van der Waals surface area (Å²) in [7, 11) is 0. The van der Waals surface area contributed by atoms with Crippen LogP contribution in [0.4, 0.5) is 5.82 Å². The second-order valence-corrected chi connectivity index (χ2v) is 3.82. The van der Waals surface area contributed by atoms with Crippen molar-refractivity contribution in [1.29, 1.82) is 0 Å². The van der Waals surface area contributed by atoms with Crippen LogP contribution in [-0.4, -0.2) is 11.6 Å². The van der Waals surface area contributed by atoms with E-state index in [0.717, 1.165) is 11.3 Å². The Morgan fingerprint density at radius 3 is 2.53 bits per heavy atom. The molecule has 1 aromatic heterocycles. The van der Waals surface area contributed by atoms with Gasteiger partial charge in [-0.3, -0.25) is 0 Å². The van der Waals surface area contributed by atoms with Gasteiger partial charge in [0, 0.05) is 11.8 Å². The first-order chi connectivity index (χ1) is 9.35. The number of pyridine rings is 1. The molecule has 0 bridgehead atoms. The molecule has 3 N–H and O–H groups in total. The predicted molar refractivity (Wildman–Crippen MR) is 74.0 cm³/mol. The lowest BCUT2D eigenvalue weighted by Gasteiger charge is -2.12. The fourth-order valence-electron chi connectivity index (χ4n) is 1.68. The van der Waals surface area contributed by atoms with Crippen molar-refractivity contribution in [2.45, 2.75) is 13.5 Å². The average molecular weight is 259 g/mol. The molecule has 5 nitrogen and oxygen atoms in total. The molecule has 0 spiro atoms. The van der Waals surface area contributed by atoms with Crippen molar-refractivity contribution in [2.75, 3.05) is 12.0 Å². The number of rotatable bonds is 6. The zero-order valence-corrected chi connectivity index (χ0v) is 10.8.